The number of fused-ring (bicyclic) bond motifs is 1. The fraction of sp³-hybridized carbons (Fsp3) is 0.600. The molecule has 2 aliphatic heterocycles. The van der Waals surface area contributed by atoms with Crippen LogP contribution in [-0.2, 0) is 13.1 Å². The first kappa shape index (κ1) is 13.0. The second-order valence-corrected chi connectivity index (χ2v) is 5.66. The fourth-order valence-corrected chi connectivity index (χ4v) is 3.35. The Morgan fingerprint density at radius 3 is 2.89 bits per heavy atom. The Labute approximate surface area is 114 Å². The molecule has 2 aliphatic rings. The summed E-state index contributed by atoms with van der Waals surface area (Å²) in [7, 11) is 0. The first-order valence-corrected chi connectivity index (χ1v) is 7.20. The maximum absolute atomic E-state index is 14.2. The highest BCUT2D eigenvalue weighted by atomic mass is 19.1. The summed E-state index contributed by atoms with van der Waals surface area (Å²) in [6.07, 6.45) is 2.61. The normalized spacial score (nSPS) is 24.6. The van der Waals surface area contributed by atoms with Crippen LogP contribution in [0.25, 0.3) is 0 Å². The van der Waals surface area contributed by atoms with Crippen LogP contribution < -0.4 is 5.73 Å². The number of piperazine rings is 1. The van der Waals surface area contributed by atoms with Gasteiger partial charge in [0.2, 0.25) is 0 Å². The average Bonchev–Trinajstić information content (AvgIpc) is 2.88. The standard InChI is InChI=1S/C15H22FN3/c16-15-12(9-17)3-1-4-13(15)10-18-7-8-19-6-2-5-14(19)11-18/h1,3-4,14H,2,5-11,17H2. The van der Waals surface area contributed by atoms with E-state index in [1.807, 2.05) is 12.1 Å². The molecule has 0 amide bonds. The topological polar surface area (TPSA) is 32.5 Å². The molecular formula is C15H22FN3. The van der Waals surface area contributed by atoms with E-state index >= 15 is 0 Å². The van der Waals surface area contributed by atoms with Crippen LogP contribution in [0.1, 0.15) is 24.0 Å². The molecule has 0 aromatic heterocycles. The van der Waals surface area contributed by atoms with Gasteiger partial charge in [-0.1, -0.05) is 18.2 Å². The molecule has 0 aliphatic carbocycles. The van der Waals surface area contributed by atoms with Gasteiger partial charge in [-0.25, -0.2) is 4.39 Å². The summed E-state index contributed by atoms with van der Waals surface area (Å²) in [5.74, 6) is -0.112. The summed E-state index contributed by atoms with van der Waals surface area (Å²) in [5, 5.41) is 0. The number of nitrogens with two attached hydrogens (primary N) is 1. The van der Waals surface area contributed by atoms with Crippen molar-refractivity contribution in [1.29, 1.82) is 0 Å². The Kier molecular flexibility index (Phi) is 3.82. The third kappa shape index (κ3) is 2.66. The summed E-state index contributed by atoms with van der Waals surface area (Å²) >= 11 is 0. The lowest BCUT2D eigenvalue weighted by Gasteiger charge is -2.37. The van der Waals surface area contributed by atoms with Crippen molar-refractivity contribution in [2.24, 2.45) is 5.73 Å². The number of hydrogen-bond donors (Lipinski definition) is 1. The summed E-state index contributed by atoms with van der Waals surface area (Å²) in [4.78, 5) is 4.95. The van der Waals surface area contributed by atoms with Gasteiger partial charge in [-0.3, -0.25) is 9.80 Å². The third-order valence-electron chi connectivity index (χ3n) is 4.44. The lowest BCUT2D eigenvalue weighted by atomic mass is 10.1. The zero-order valence-corrected chi connectivity index (χ0v) is 11.3. The summed E-state index contributed by atoms with van der Waals surface area (Å²) < 4.78 is 14.2. The van der Waals surface area contributed by atoms with Crippen molar-refractivity contribution < 1.29 is 4.39 Å². The number of halogens is 1. The Morgan fingerprint density at radius 1 is 1.21 bits per heavy atom. The van der Waals surface area contributed by atoms with Crippen LogP contribution >= 0.6 is 0 Å². The first-order chi connectivity index (χ1) is 9.28. The van der Waals surface area contributed by atoms with E-state index in [1.54, 1.807) is 6.07 Å². The third-order valence-corrected chi connectivity index (χ3v) is 4.44. The zero-order chi connectivity index (χ0) is 13.2. The highest BCUT2D eigenvalue weighted by Crippen LogP contribution is 2.23. The van der Waals surface area contributed by atoms with Crippen LogP contribution in [0.4, 0.5) is 4.39 Å². The smallest absolute Gasteiger partial charge is 0.132 e. The number of hydrogen-bond acceptors (Lipinski definition) is 3. The van der Waals surface area contributed by atoms with E-state index in [9.17, 15) is 4.39 Å². The van der Waals surface area contributed by atoms with Crippen LogP contribution in [-0.4, -0.2) is 42.0 Å². The maximum Gasteiger partial charge on any atom is 0.132 e. The molecule has 2 N–H and O–H groups in total. The second-order valence-electron chi connectivity index (χ2n) is 5.66. The number of nitrogens with zero attached hydrogens (tertiary/aromatic N) is 2. The maximum atomic E-state index is 14.2. The van der Waals surface area contributed by atoms with Gasteiger partial charge in [0.05, 0.1) is 0 Å². The van der Waals surface area contributed by atoms with Crippen molar-refractivity contribution in [1.82, 2.24) is 9.80 Å². The van der Waals surface area contributed by atoms with Gasteiger partial charge in [-0.2, -0.15) is 0 Å². The van der Waals surface area contributed by atoms with Crippen molar-refractivity contribution in [2.75, 3.05) is 26.2 Å². The molecule has 2 saturated heterocycles. The van der Waals surface area contributed by atoms with Gasteiger partial charge >= 0.3 is 0 Å². The molecule has 104 valence electrons. The van der Waals surface area contributed by atoms with E-state index in [0.29, 0.717) is 18.2 Å². The summed E-state index contributed by atoms with van der Waals surface area (Å²) in [6.45, 7) is 5.48. The first-order valence-electron chi connectivity index (χ1n) is 7.20. The predicted molar refractivity (Wildman–Crippen MR) is 74.2 cm³/mol. The lowest BCUT2D eigenvalue weighted by molar-refractivity contribution is 0.0985. The van der Waals surface area contributed by atoms with Gasteiger partial charge in [0.15, 0.2) is 0 Å². The second kappa shape index (κ2) is 5.57. The van der Waals surface area contributed by atoms with Crippen molar-refractivity contribution in [3.05, 3.63) is 35.1 Å². The van der Waals surface area contributed by atoms with Crippen molar-refractivity contribution in [3.8, 4) is 0 Å². The zero-order valence-electron chi connectivity index (χ0n) is 11.3. The van der Waals surface area contributed by atoms with Gasteiger partial charge < -0.3 is 5.73 Å². The molecule has 2 fully saturated rings. The Morgan fingerprint density at radius 2 is 2.05 bits per heavy atom. The van der Waals surface area contributed by atoms with Crippen LogP contribution in [0.5, 0.6) is 0 Å². The van der Waals surface area contributed by atoms with Gasteiger partial charge in [-0.15, -0.1) is 0 Å². The van der Waals surface area contributed by atoms with E-state index in [1.165, 1.54) is 19.4 Å². The van der Waals surface area contributed by atoms with Gasteiger partial charge in [0, 0.05) is 49.9 Å². The van der Waals surface area contributed by atoms with Crippen LogP contribution in [0.3, 0.4) is 0 Å². The Hall–Kier alpha value is -0.970. The molecule has 4 heteroatoms. The van der Waals surface area contributed by atoms with Gasteiger partial charge in [0.25, 0.3) is 0 Å². The Bertz CT molecular complexity index is 449. The molecule has 0 saturated carbocycles. The summed E-state index contributed by atoms with van der Waals surface area (Å²) in [5.41, 5.74) is 6.97. The average molecular weight is 263 g/mol. The van der Waals surface area contributed by atoms with Crippen LogP contribution in [0.15, 0.2) is 18.2 Å². The molecule has 1 aromatic rings. The highest BCUT2D eigenvalue weighted by Gasteiger charge is 2.30. The van der Waals surface area contributed by atoms with E-state index in [-0.39, 0.29) is 12.4 Å². The Balaban J connectivity index is 1.68. The van der Waals surface area contributed by atoms with Crippen molar-refractivity contribution in [2.45, 2.75) is 32.0 Å². The minimum atomic E-state index is -0.112. The molecule has 0 spiro atoms. The SMILES string of the molecule is NCc1cccc(CN2CCN3CCCC3C2)c1F. The highest BCUT2D eigenvalue weighted by molar-refractivity contribution is 5.26. The van der Waals surface area contributed by atoms with E-state index in [4.69, 9.17) is 5.73 Å². The molecule has 2 heterocycles. The van der Waals surface area contributed by atoms with Gasteiger partial charge in [0.1, 0.15) is 5.82 Å². The molecule has 1 atom stereocenters. The van der Waals surface area contributed by atoms with E-state index < -0.39 is 0 Å². The van der Waals surface area contributed by atoms with E-state index in [0.717, 1.165) is 25.2 Å². The molecule has 1 aromatic carbocycles. The largest absolute Gasteiger partial charge is 0.326 e. The van der Waals surface area contributed by atoms with Crippen LogP contribution in [0, 0.1) is 5.82 Å². The molecule has 1 unspecified atom stereocenters. The summed E-state index contributed by atoms with van der Waals surface area (Å²) in [6, 6.07) is 6.25. The number of benzene rings is 1. The lowest BCUT2D eigenvalue weighted by Crippen LogP contribution is -2.49. The quantitative estimate of drug-likeness (QED) is 0.898. The predicted octanol–water partition coefficient (Wildman–Crippen LogP) is 1.56. The molecular weight excluding hydrogens is 241 g/mol. The van der Waals surface area contributed by atoms with Crippen LogP contribution in [0.2, 0.25) is 0 Å². The molecule has 19 heavy (non-hydrogen) atoms. The fourth-order valence-electron chi connectivity index (χ4n) is 3.35. The minimum Gasteiger partial charge on any atom is -0.326 e. The monoisotopic (exact) mass is 263 g/mol. The van der Waals surface area contributed by atoms with E-state index in [2.05, 4.69) is 9.80 Å². The molecule has 0 bridgehead atoms. The minimum absolute atomic E-state index is 0.112. The van der Waals surface area contributed by atoms with Gasteiger partial charge in [-0.05, 0) is 19.4 Å². The van der Waals surface area contributed by atoms with Crippen molar-refractivity contribution in [3.63, 3.8) is 0 Å². The number of rotatable bonds is 3. The molecule has 3 nitrogen and oxygen atoms in total. The molecule has 0 radical (unpaired) electrons. The molecule has 3 rings (SSSR count). The van der Waals surface area contributed by atoms with Crippen molar-refractivity contribution >= 4 is 0 Å².